The molecule has 1 rings (SSSR count). The summed E-state index contributed by atoms with van der Waals surface area (Å²) < 4.78 is 5.28. The quantitative estimate of drug-likeness (QED) is 0.774. The van der Waals surface area contributed by atoms with E-state index in [4.69, 9.17) is 4.74 Å². The number of likely N-dealkylation sites (N-methyl/N-ethyl adjacent to an activating group) is 1. The Labute approximate surface area is 97.4 Å². The second-order valence-corrected chi connectivity index (χ2v) is 3.72. The summed E-state index contributed by atoms with van der Waals surface area (Å²) in [5.41, 5.74) is 2.29. The van der Waals surface area contributed by atoms with Crippen molar-refractivity contribution < 1.29 is 9.84 Å². The number of nitrogens with one attached hydrogen (secondary N) is 1. The molecule has 1 unspecified atom stereocenters. The van der Waals surface area contributed by atoms with Gasteiger partial charge in [-0.05, 0) is 30.2 Å². The van der Waals surface area contributed by atoms with Crippen molar-refractivity contribution in [1.29, 1.82) is 0 Å². The van der Waals surface area contributed by atoms with E-state index in [1.54, 1.807) is 7.11 Å². The van der Waals surface area contributed by atoms with Crippen molar-refractivity contribution in [2.75, 3.05) is 20.3 Å². The second-order valence-electron chi connectivity index (χ2n) is 3.72. The molecule has 0 heterocycles. The van der Waals surface area contributed by atoms with E-state index in [2.05, 4.69) is 18.3 Å². The predicted octanol–water partition coefficient (Wildman–Crippen LogP) is 1.90. The van der Waals surface area contributed by atoms with Gasteiger partial charge in [0, 0.05) is 0 Å². The standard InChI is InChI=1S/C13H21NO2/c1-4-10-8-11(6-7-13(10)16-3)12(9-15)14-5-2/h6-8,12,14-15H,4-5,9H2,1-3H3. The third-order valence-electron chi connectivity index (χ3n) is 2.72. The molecular formula is C13H21NO2. The van der Waals surface area contributed by atoms with E-state index in [9.17, 15) is 5.11 Å². The molecule has 1 aromatic rings. The zero-order valence-corrected chi connectivity index (χ0v) is 10.3. The van der Waals surface area contributed by atoms with Crippen LogP contribution in [0.1, 0.15) is 31.0 Å². The van der Waals surface area contributed by atoms with Crippen LogP contribution in [0.4, 0.5) is 0 Å². The van der Waals surface area contributed by atoms with Crippen LogP contribution in [0, 0.1) is 0 Å². The molecule has 3 nitrogen and oxygen atoms in total. The number of benzene rings is 1. The summed E-state index contributed by atoms with van der Waals surface area (Å²) >= 11 is 0. The van der Waals surface area contributed by atoms with Crippen LogP contribution in [0.3, 0.4) is 0 Å². The predicted molar refractivity (Wildman–Crippen MR) is 65.9 cm³/mol. The van der Waals surface area contributed by atoms with Crippen LogP contribution >= 0.6 is 0 Å². The Bertz CT molecular complexity index is 326. The Balaban J connectivity index is 2.96. The third-order valence-corrected chi connectivity index (χ3v) is 2.72. The van der Waals surface area contributed by atoms with Crippen molar-refractivity contribution in [3.8, 4) is 5.75 Å². The van der Waals surface area contributed by atoms with Crippen LogP contribution in [-0.2, 0) is 6.42 Å². The van der Waals surface area contributed by atoms with E-state index in [1.807, 2.05) is 19.1 Å². The summed E-state index contributed by atoms with van der Waals surface area (Å²) in [4.78, 5) is 0. The Hall–Kier alpha value is -1.06. The van der Waals surface area contributed by atoms with Crippen LogP contribution in [0.25, 0.3) is 0 Å². The summed E-state index contributed by atoms with van der Waals surface area (Å²) in [7, 11) is 1.68. The van der Waals surface area contributed by atoms with Crippen LogP contribution in [0.5, 0.6) is 5.75 Å². The van der Waals surface area contributed by atoms with Crippen LogP contribution in [0.15, 0.2) is 18.2 Å². The summed E-state index contributed by atoms with van der Waals surface area (Å²) in [6.07, 6.45) is 0.932. The zero-order chi connectivity index (χ0) is 12.0. The van der Waals surface area contributed by atoms with E-state index in [0.29, 0.717) is 0 Å². The molecule has 3 heteroatoms. The van der Waals surface area contributed by atoms with Crippen molar-refractivity contribution in [2.45, 2.75) is 26.3 Å². The molecule has 0 aromatic heterocycles. The number of aliphatic hydroxyl groups excluding tert-OH is 1. The highest BCUT2D eigenvalue weighted by molar-refractivity contribution is 5.38. The molecule has 0 aliphatic rings. The van der Waals surface area contributed by atoms with Crippen molar-refractivity contribution in [3.05, 3.63) is 29.3 Å². The monoisotopic (exact) mass is 223 g/mol. The topological polar surface area (TPSA) is 41.5 Å². The lowest BCUT2D eigenvalue weighted by atomic mass is 10.0. The van der Waals surface area contributed by atoms with Crippen molar-refractivity contribution in [3.63, 3.8) is 0 Å². The summed E-state index contributed by atoms with van der Waals surface area (Å²) in [5.74, 6) is 0.916. The molecule has 0 aliphatic carbocycles. The Morgan fingerprint density at radius 1 is 1.38 bits per heavy atom. The number of ether oxygens (including phenoxy) is 1. The fraction of sp³-hybridized carbons (Fsp3) is 0.538. The average Bonchev–Trinajstić information content (AvgIpc) is 2.35. The first-order valence-electron chi connectivity index (χ1n) is 5.77. The highest BCUT2D eigenvalue weighted by Crippen LogP contribution is 2.23. The maximum atomic E-state index is 9.31. The Morgan fingerprint density at radius 3 is 2.62 bits per heavy atom. The van der Waals surface area contributed by atoms with Gasteiger partial charge in [-0.2, -0.15) is 0 Å². The molecule has 0 aliphatic heterocycles. The van der Waals surface area contributed by atoms with Crippen LogP contribution in [-0.4, -0.2) is 25.4 Å². The molecule has 0 spiro atoms. The van der Waals surface area contributed by atoms with Crippen molar-refractivity contribution in [2.24, 2.45) is 0 Å². The zero-order valence-electron chi connectivity index (χ0n) is 10.3. The Morgan fingerprint density at radius 2 is 2.12 bits per heavy atom. The molecule has 90 valence electrons. The molecule has 1 atom stereocenters. The first kappa shape index (κ1) is 13.0. The van der Waals surface area contributed by atoms with Gasteiger partial charge in [-0.3, -0.25) is 0 Å². The highest BCUT2D eigenvalue weighted by atomic mass is 16.5. The van der Waals surface area contributed by atoms with Gasteiger partial charge in [-0.25, -0.2) is 0 Å². The molecule has 0 bridgehead atoms. The fourth-order valence-electron chi connectivity index (χ4n) is 1.83. The van der Waals surface area contributed by atoms with E-state index in [-0.39, 0.29) is 12.6 Å². The number of hydrogen-bond donors (Lipinski definition) is 2. The lowest BCUT2D eigenvalue weighted by Gasteiger charge is -2.17. The van der Waals surface area contributed by atoms with Crippen molar-refractivity contribution in [1.82, 2.24) is 5.32 Å². The van der Waals surface area contributed by atoms with E-state index in [0.717, 1.165) is 24.3 Å². The lowest BCUT2D eigenvalue weighted by Crippen LogP contribution is -2.24. The minimum absolute atomic E-state index is 0.0150. The summed E-state index contributed by atoms with van der Waals surface area (Å²) in [5, 5.41) is 12.6. The molecule has 0 saturated carbocycles. The van der Waals surface area contributed by atoms with Gasteiger partial charge in [0.25, 0.3) is 0 Å². The molecule has 0 amide bonds. The Kier molecular flexibility index (Phi) is 5.29. The number of aryl methyl sites for hydroxylation is 1. The molecule has 2 N–H and O–H groups in total. The molecular weight excluding hydrogens is 202 g/mol. The summed E-state index contributed by atoms with van der Waals surface area (Å²) in [6, 6.07) is 6.08. The number of rotatable bonds is 6. The maximum absolute atomic E-state index is 9.31. The van der Waals surface area contributed by atoms with Gasteiger partial charge < -0.3 is 15.2 Å². The maximum Gasteiger partial charge on any atom is 0.122 e. The summed E-state index contributed by atoms with van der Waals surface area (Å²) in [6.45, 7) is 5.10. The minimum atomic E-state index is 0.0150. The SMILES string of the molecule is CCNC(CO)c1ccc(OC)c(CC)c1. The van der Waals surface area contributed by atoms with E-state index in [1.165, 1.54) is 5.56 Å². The van der Waals surface area contributed by atoms with Crippen LogP contribution in [0.2, 0.25) is 0 Å². The largest absolute Gasteiger partial charge is 0.496 e. The van der Waals surface area contributed by atoms with Gasteiger partial charge in [0.15, 0.2) is 0 Å². The van der Waals surface area contributed by atoms with Gasteiger partial charge in [0.05, 0.1) is 19.8 Å². The molecule has 0 radical (unpaired) electrons. The second kappa shape index (κ2) is 6.51. The van der Waals surface area contributed by atoms with Gasteiger partial charge in [-0.15, -0.1) is 0 Å². The highest BCUT2D eigenvalue weighted by Gasteiger charge is 2.11. The molecule has 1 aromatic carbocycles. The minimum Gasteiger partial charge on any atom is -0.496 e. The number of hydrogen-bond acceptors (Lipinski definition) is 3. The smallest absolute Gasteiger partial charge is 0.122 e. The van der Waals surface area contributed by atoms with Crippen LogP contribution < -0.4 is 10.1 Å². The van der Waals surface area contributed by atoms with E-state index < -0.39 is 0 Å². The van der Waals surface area contributed by atoms with Gasteiger partial charge in [0.2, 0.25) is 0 Å². The fourth-order valence-corrected chi connectivity index (χ4v) is 1.83. The van der Waals surface area contributed by atoms with Gasteiger partial charge in [0.1, 0.15) is 5.75 Å². The normalized spacial score (nSPS) is 12.5. The third kappa shape index (κ3) is 2.97. The van der Waals surface area contributed by atoms with Crippen molar-refractivity contribution >= 4 is 0 Å². The van der Waals surface area contributed by atoms with Gasteiger partial charge in [-0.1, -0.05) is 26.0 Å². The first-order valence-corrected chi connectivity index (χ1v) is 5.77. The number of aliphatic hydroxyl groups is 1. The molecule has 0 saturated heterocycles. The lowest BCUT2D eigenvalue weighted by molar-refractivity contribution is 0.246. The van der Waals surface area contributed by atoms with E-state index >= 15 is 0 Å². The average molecular weight is 223 g/mol. The number of methoxy groups -OCH3 is 1. The molecule has 16 heavy (non-hydrogen) atoms. The molecule has 0 fully saturated rings. The first-order chi connectivity index (χ1) is 7.76. The van der Waals surface area contributed by atoms with Gasteiger partial charge >= 0.3 is 0 Å².